The van der Waals surface area contributed by atoms with Crippen molar-refractivity contribution in [2.75, 3.05) is 18.9 Å². The Bertz CT molecular complexity index is 773. The predicted octanol–water partition coefficient (Wildman–Crippen LogP) is 2.95. The van der Waals surface area contributed by atoms with Crippen LogP contribution in [0, 0.1) is 12.7 Å². The lowest BCUT2D eigenvalue weighted by atomic mass is 10.2. The Morgan fingerprint density at radius 2 is 1.64 bits per heavy atom. The molecule has 0 aliphatic heterocycles. The second-order valence-corrected chi connectivity index (χ2v) is 6.22. The fourth-order valence-electron chi connectivity index (χ4n) is 2.06. The number of hydrogen-bond acceptors (Lipinski definition) is 4. The number of benzene rings is 2. The van der Waals surface area contributed by atoms with E-state index in [0.29, 0.717) is 17.1 Å². The summed E-state index contributed by atoms with van der Waals surface area (Å²) in [5, 5.41) is 0. The third kappa shape index (κ3) is 3.14. The Kier molecular flexibility index (Phi) is 4.56. The average molecular weight is 325 g/mol. The zero-order valence-corrected chi connectivity index (χ0v) is 13.2. The largest absolute Gasteiger partial charge is 0.496 e. The third-order valence-electron chi connectivity index (χ3n) is 3.15. The molecule has 118 valence electrons. The Morgan fingerprint density at radius 1 is 1.00 bits per heavy atom. The Balaban J connectivity index is 2.41. The maximum absolute atomic E-state index is 12.9. The van der Waals surface area contributed by atoms with Crippen molar-refractivity contribution >= 4 is 15.7 Å². The summed E-state index contributed by atoms with van der Waals surface area (Å²) in [6.45, 7) is 1.76. The lowest BCUT2D eigenvalue weighted by Crippen LogP contribution is -2.14. The van der Waals surface area contributed by atoms with Gasteiger partial charge in [0.1, 0.15) is 17.3 Å². The van der Waals surface area contributed by atoms with Crippen molar-refractivity contribution < 1.29 is 22.3 Å². The summed E-state index contributed by atoms with van der Waals surface area (Å²) in [5.74, 6) is 0.448. The van der Waals surface area contributed by atoms with Crippen molar-refractivity contribution in [3.8, 4) is 11.5 Å². The van der Waals surface area contributed by atoms with E-state index in [4.69, 9.17) is 9.47 Å². The molecule has 0 aliphatic carbocycles. The number of rotatable bonds is 5. The normalized spacial score (nSPS) is 11.1. The van der Waals surface area contributed by atoms with Gasteiger partial charge in [-0.25, -0.2) is 12.8 Å². The molecule has 0 fully saturated rings. The van der Waals surface area contributed by atoms with Crippen LogP contribution < -0.4 is 14.2 Å². The number of halogens is 1. The Labute approximate surface area is 128 Å². The highest BCUT2D eigenvalue weighted by atomic mass is 32.2. The van der Waals surface area contributed by atoms with Gasteiger partial charge in [0, 0.05) is 5.56 Å². The number of methoxy groups -OCH3 is 2. The Morgan fingerprint density at radius 3 is 2.18 bits per heavy atom. The predicted molar refractivity (Wildman–Crippen MR) is 81.5 cm³/mol. The van der Waals surface area contributed by atoms with Gasteiger partial charge in [0.05, 0.1) is 24.8 Å². The molecule has 0 amide bonds. The van der Waals surface area contributed by atoms with Gasteiger partial charge in [-0.2, -0.15) is 0 Å². The van der Waals surface area contributed by atoms with Crippen molar-refractivity contribution in [2.24, 2.45) is 0 Å². The molecule has 0 atom stereocenters. The SMILES string of the molecule is COc1ccc(NS(=O)(=O)c2ccc(F)cc2)c(OC)c1C. The first-order chi connectivity index (χ1) is 10.4. The van der Waals surface area contributed by atoms with E-state index in [1.54, 1.807) is 19.1 Å². The molecule has 22 heavy (non-hydrogen) atoms. The molecule has 0 aromatic heterocycles. The molecule has 0 spiro atoms. The smallest absolute Gasteiger partial charge is 0.262 e. The molecule has 5 nitrogen and oxygen atoms in total. The van der Waals surface area contributed by atoms with E-state index >= 15 is 0 Å². The fraction of sp³-hybridized carbons (Fsp3) is 0.200. The quantitative estimate of drug-likeness (QED) is 0.918. The van der Waals surface area contributed by atoms with Crippen molar-refractivity contribution in [3.05, 3.63) is 47.8 Å². The van der Waals surface area contributed by atoms with Crippen LogP contribution >= 0.6 is 0 Å². The molecule has 2 rings (SSSR count). The van der Waals surface area contributed by atoms with Crippen LogP contribution in [0.3, 0.4) is 0 Å². The highest BCUT2D eigenvalue weighted by molar-refractivity contribution is 7.92. The molecule has 0 saturated heterocycles. The summed E-state index contributed by atoms with van der Waals surface area (Å²) in [4.78, 5) is -0.0376. The monoisotopic (exact) mass is 325 g/mol. The fourth-order valence-corrected chi connectivity index (χ4v) is 3.12. The van der Waals surface area contributed by atoms with Crippen molar-refractivity contribution in [2.45, 2.75) is 11.8 Å². The van der Waals surface area contributed by atoms with Gasteiger partial charge in [0.2, 0.25) is 0 Å². The minimum Gasteiger partial charge on any atom is -0.496 e. The van der Waals surface area contributed by atoms with Crippen LogP contribution in [0.2, 0.25) is 0 Å². The number of anilines is 1. The molecular weight excluding hydrogens is 309 g/mol. The van der Waals surface area contributed by atoms with E-state index < -0.39 is 15.8 Å². The third-order valence-corrected chi connectivity index (χ3v) is 4.53. The number of sulfonamides is 1. The van der Waals surface area contributed by atoms with Gasteiger partial charge in [-0.15, -0.1) is 0 Å². The number of hydrogen-bond donors (Lipinski definition) is 1. The van der Waals surface area contributed by atoms with Gasteiger partial charge >= 0.3 is 0 Å². The van der Waals surface area contributed by atoms with Gasteiger partial charge in [-0.3, -0.25) is 4.72 Å². The lowest BCUT2D eigenvalue weighted by Gasteiger charge is -2.16. The zero-order valence-electron chi connectivity index (χ0n) is 12.4. The van der Waals surface area contributed by atoms with E-state index in [-0.39, 0.29) is 10.6 Å². The van der Waals surface area contributed by atoms with E-state index in [1.807, 2.05) is 0 Å². The van der Waals surface area contributed by atoms with Crippen LogP contribution in [0.15, 0.2) is 41.3 Å². The van der Waals surface area contributed by atoms with Crippen LogP contribution in [0.25, 0.3) is 0 Å². The Hall–Kier alpha value is -2.28. The molecule has 0 unspecified atom stereocenters. The van der Waals surface area contributed by atoms with E-state index in [1.165, 1.54) is 26.4 Å². The number of nitrogens with one attached hydrogen (secondary N) is 1. The highest BCUT2D eigenvalue weighted by Gasteiger charge is 2.19. The van der Waals surface area contributed by atoms with Gasteiger partial charge in [0.15, 0.2) is 0 Å². The van der Waals surface area contributed by atoms with Gasteiger partial charge < -0.3 is 9.47 Å². The standard InChI is InChI=1S/C15H16FNO4S/c1-10-14(20-2)9-8-13(15(10)21-3)17-22(18,19)12-6-4-11(16)5-7-12/h4-9,17H,1-3H3. The second-order valence-electron chi connectivity index (χ2n) is 4.53. The highest BCUT2D eigenvalue weighted by Crippen LogP contribution is 2.36. The lowest BCUT2D eigenvalue weighted by molar-refractivity contribution is 0.390. The average Bonchev–Trinajstić information content (AvgIpc) is 2.48. The molecule has 0 bridgehead atoms. The summed E-state index contributed by atoms with van der Waals surface area (Å²) < 4.78 is 50.4. The van der Waals surface area contributed by atoms with Crippen molar-refractivity contribution in [1.29, 1.82) is 0 Å². The van der Waals surface area contributed by atoms with Gasteiger partial charge in [0.25, 0.3) is 10.0 Å². The van der Waals surface area contributed by atoms with Crippen LogP contribution in [0.5, 0.6) is 11.5 Å². The molecule has 7 heteroatoms. The van der Waals surface area contributed by atoms with Crippen LogP contribution in [-0.4, -0.2) is 22.6 Å². The van der Waals surface area contributed by atoms with Crippen molar-refractivity contribution in [3.63, 3.8) is 0 Å². The molecule has 1 N–H and O–H groups in total. The summed E-state index contributed by atoms with van der Waals surface area (Å²) in [6.07, 6.45) is 0. The molecule has 0 saturated carbocycles. The van der Waals surface area contributed by atoms with E-state index in [0.717, 1.165) is 12.1 Å². The molecule has 0 radical (unpaired) electrons. The summed E-state index contributed by atoms with van der Waals surface area (Å²) in [6, 6.07) is 7.75. The first kappa shape index (κ1) is 16.1. The van der Waals surface area contributed by atoms with Crippen LogP contribution in [0.4, 0.5) is 10.1 Å². The van der Waals surface area contributed by atoms with Crippen LogP contribution in [0.1, 0.15) is 5.56 Å². The van der Waals surface area contributed by atoms with Crippen LogP contribution in [-0.2, 0) is 10.0 Å². The molecule has 0 aliphatic rings. The number of ether oxygens (including phenoxy) is 2. The maximum atomic E-state index is 12.9. The molecular formula is C15H16FNO4S. The molecule has 2 aromatic rings. The first-order valence-corrected chi connectivity index (χ1v) is 7.87. The summed E-state index contributed by atoms with van der Waals surface area (Å²) in [7, 11) is -0.877. The van der Waals surface area contributed by atoms with Gasteiger partial charge in [-0.1, -0.05) is 0 Å². The topological polar surface area (TPSA) is 64.6 Å². The van der Waals surface area contributed by atoms with Gasteiger partial charge in [-0.05, 0) is 43.3 Å². The molecule has 0 heterocycles. The van der Waals surface area contributed by atoms with Crippen molar-refractivity contribution in [1.82, 2.24) is 0 Å². The minimum absolute atomic E-state index is 0.0376. The second kappa shape index (κ2) is 6.23. The molecule has 2 aromatic carbocycles. The zero-order chi connectivity index (χ0) is 16.3. The first-order valence-electron chi connectivity index (χ1n) is 6.39. The maximum Gasteiger partial charge on any atom is 0.262 e. The minimum atomic E-state index is -3.84. The summed E-state index contributed by atoms with van der Waals surface area (Å²) >= 11 is 0. The van der Waals surface area contributed by atoms with E-state index in [2.05, 4.69) is 4.72 Å². The summed E-state index contributed by atoms with van der Waals surface area (Å²) in [5.41, 5.74) is 0.953. The van der Waals surface area contributed by atoms with E-state index in [9.17, 15) is 12.8 Å².